The molecule has 3 unspecified atom stereocenters. The molecular weight excluding hydrogens is 392 g/mol. The number of ether oxygens (including phenoxy) is 3. The zero-order valence-corrected chi connectivity index (χ0v) is 15.6. The highest BCUT2D eigenvalue weighted by Crippen LogP contribution is 2.57. The maximum Gasteiger partial charge on any atom is 0.169 e. The molecule has 0 aromatic heterocycles. The van der Waals surface area contributed by atoms with Crippen molar-refractivity contribution >= 4 is 32.9 Å². The summed E-state index contributed by atoms with van der Waals surface area (Å²) in [6.45, 7) is 1.35. The van der Waals surface area contributed by atoms with Crippen molar-refractivity contribution in [2.24, 2.45) is 16.6 Å². The van der Waals surface area contributed by atoms with Crippen LogP contribution in [0.2, 0.25) is 0 Å². The van der Waals surface area contributed by atoms with E-state index in [0.29, 0.717) is 18.4 Å². The van der Waals surface area contributed by atoms with E-state index >= 15 is 0 Å². The van der Waals surface area contributed by atoms with Crippen LogP contribution in [0.15, 0.2) is 27.7 Å². The van der Waals surface area contributed by atoms with E-state index in [-0.39, 0.29) is 17.6 Å². The van der Waals surface area contributed by atoms with Crippen molar-refractivity contribution in [3.05, 3.63) is 28.2 Å². The number of hydrogen-bond acceptors (Lipinski definition) is 6. The Balaban J connectivity index is 1.63. The van der Waals surface area contributed by atoms with Crippen LogP contribution in [0.25, 0.3) is 0 Å². The first-order valence-corrected chi connectivity index (χ1v) is 10.1. The van der Waals surface area contributed by atoms with Gasteiger partial charge in [-0.3, -0.25) is 0 Å². The lowest BCUT2D eigenvalue weighted by atomic mass is 9.67. The average Bonchev–Trinajstić information content (AvgIpc) is 3.18. The molecule has 128 valence electrons. The molecule has 4 aliphatic rings. The largest absolute Gasteiger partial charge is 0.490 e. The van der Waals surface area contributed by atoms with Crippen molar-refractivity contribution in [1.29, 1.82) is 0 Å². The third-order valence-corrected chi connectivity index (χ3v) is 7.12. The van der Waals surface area contributed by atoms with Crippen LogP contribution in [0, 0.1) is 5.92 Å². The van der Waals surface area contributed by atoms with Gasteiger partial charge in [0.05, 0.1) is 13.2 Å². The van der Waals surface area contributed by atoms with Gasteiger partial charge in [-0.15, -0.1) is 0 Å². The van der Waals surface area contributed by atoms with Crippen LogP contribution in [-0.4, -0.2) is 36.0 Å². The summed E-state index contributed by atoms with van der Waals surface area (Å²) >= 11 is 5.23. The highest BCUT2D eigenvalue weighted by Gasteiger charge is 2.58. The van der Waals surface area contributed by atoms with E-state index in [1.54, 1.807) is 11.8 Å². The van der Waals surface area contributed by atoms with Gasteiger partial charge >= 0.3 is 0 Å². The zero-order valence-electron chi connectivity index (χ0n) is 13.2. The van der Waals surface area contributed by atoms with Gasteiger partial charge in [-0.25, -0.2) is 4.99 Å². The molecule has 2 spiro atoms. The zero-order chi connectivity index (χ0) is 16.4. The number of nitrogens with zero attached hydrogens (tertiary/aromatic N) is 1. The van der Waals surface area contributed by atoms with Crippen LogP contribution in [0.1, 0.15) is 24.8 Å². The number of nitrogens with two attached hydrogens (primary N) is 1. The normalized spacial score (nSPS) is 36.3. The smallest absolute Gasteiger partial charge is 0.169 e. The SMILES string of the molecule is NC1=NC2(CS1)c1cc(Br)ccc1OC1CCC3(CC12)OCCO3. The fourth-order valence-electron chi connectivity index (χ4n) is 4.59. The molecule has 7 heteroatoms. The lowest BCUT2D eigenvalue weighted by Gasteiger charge is -2.50. The second-order valence-electron chi connectivity index (χ2n) is 6.92. The van der Waals surface area contributed by atoms with Gasteiger partial charge in [-0.1, -0.05) is 27.7 Å². The quantitative estimate of drug-likeness (QED) is 0.711. The molecule has 24 heavy (non-hydrogen) atoms. The minimum absolute atomic E-state index is 0.132. The summed E-state index contributed by atoms with van der Waals surface area (Å²) in [7, 11) is 0. The van der Waals surface area contributed by atoms with E-state index in [4.69, 9.17) is 24.9 Å². The summed E-state index contributed by atoms with van der Waals surface area (Å²) < 4.78 is 19.4. The minimum atomic E-state index is -0.460. The summed E-state index contributed by atoms with van der Waals surface area (Å²) in [5.41, 5.74) is 6.88. The third kappa shape index (κ3) is 2.18. The lowest BCUT2D eigenvalue weighted by Crippen LogP contribution is -2.55. The van der Waals surface area contributed by atoms with Gasteiger partial charge in [0.15, 0.2) is 11.0 Å². The topological polar surface area (TPSA) is 66.1 Å². The molecular formula is C17H19BrN2O3S. The van der Waals surface area contributed by atoms with Gasteiger partial charge in [-0.2, -0.15) is 0 Å². The number of thioether (sulfide) groups is 1. The molecule has 5 rings (SSSR count). The van der Waals surface area contributed by atoms with Gasteiger partial charge in [0.2, 0.25) is 0 Å². The summed E-state index contributed by atoms with van der Waals surface area (Å²) in [6, 6.07) is 6.19. The van der Waals surface area contributed by atoms with E-state index in [1.165, 1.54) is 0 Å². The monoisotopic (exact) mass is 410 g/mol. The van der Waals surface area contributed by atoms with Gasteiger partial charge in [-0.05, 0) is 24.6 Å². The molecule has 3 atom stereocenters. The predicted octanol–water partition coefficient (Wildman–Crippen LogP) is 3.01. The van der Waals surface area contributed by atoms with E-state index in [9.17, 15) is 0 Å². The van der Waals surface area contributed by atoms with Crippen LogP contribution in [0.3, 0.4) is 0 Å². The lowest BCUT2D eigenvalue weighted by molar-refractivity contribution is -0.208. The van der Waals surface area contributed by atoms with Gasteiger partial charge < -0.3 is 19.9 Å². The molecule has 2 fully saturated rings. The van der Waals surface area contributed by atoms with Crippen molar-refractivity contribution in [3.63, 3.8) is 0 Å². The molecule has 1 aromatic rings. The van der Waals surface area contributed by atoms with E-state index < -0.39 is 5.79 Å². The Labute approximate surface area is 153 Å². The summed E-state index contributed by atoms with van der Waals surface area (Å²) in [6.07, 6.45) is 2.73. The highest BCUT2D eigenvalue weighted by molar-refractivity contribution is 9.10. The van der Waals surface area contributed by atoms with Crippen molar-refractivity contribution in [3.8, 4) is 5.75 Å². The molecule has 1 saturated carbocycles. The fraction of sp³-hybridized carbons (Fsp3) is 0.588. The predicted molar refractivity (Wildman–Crippen MR) is 96.3 cm³/mol. The summed E-state index contributed by atoms with van der Waals surface area (Å²) in [4.78, 5) is 4.95. The molecule has 0 bridgehead atoms. The van der Waals surface area contributed by atoms with Gasteiger partial charge in [0, 0.05) is 34.5 Å². The molecule has 3 aliphatic heterocycles. The first-order chi connectivity index (χ1) is 11.6. The van der Waals surface area contributed by atoms with E-state index in [1.807, 2.05) is 12.1 Å². The van der Waals surface area contributed by atoms with Crippen LogP contribution >= 0.6 is 27.7 Å². The number of benzene rings is 1. The molecule has 1 aliphatic carbocycles. The third-order valence-electron chi connectivity index (χ3n) is 5.65. The first-order valence-electron chi connectivity index (χ1n) is 8.33. The van der Waals surface area contributed by atoms with Crippen LogP contribution in [0.4, 0.5) is 0 Å². The molecule has 0 amide bonds. The number of aliphatic imine (C=N–C) groups is 1. The van der Waals surface area contributed by atoms with Crippen molar-refractivity contribution in [2.45, 2.75) is 36.7 Å². The number of hydrogen-bond donors (Lipinski definition) is 1. The minimum Gasteiger partial charge on any atom is -0.490 e. The number of rotatable bonds is 0. The standard InChI is InChI=1S/C17H19BrN2O3S/c18-10-1-2-13-11(7-10)17(9-24-15(19)20-17)12-8-16(21-5-6-22-16)4-3-14(12)23-13/h1-2,7,12,14H,3-6,8-9H2,(H2,19,20). The Bertz CT molecular complexity index is 722. The maximum atomic E-state index is 6.36. The Hall–Kier alpha value is -0.760. The first kappa shape index (κ1) is 15.5. The Morgan fingerprint density at radius 1 is 1.29 bits per heavy atom. The van der Waals surface area contributed by atoms with Crippen molar-refractivity contribution in [2.75, 3.05) is 19.0 Å². The van der Waals surface area contributed by atoms with E-state index in [2.05, 4.69) is 22.0 Å². The molecule has 0 radical (unpaired) electrons. The number of amidine groups is 1. The summed E-state index contributed by atoms with van der Waals surface area (Å²) in [5, 5.41) is 0.662. The van der Waals surface area contributed by atoms with E-state index in [0.717, 1.165) is 40.8 Å². The van der Waals surface area contributed by atoms with Crippen LogP contribution in [0.5, 0.6) is 5.75 Å². The number of halogens is 1. The highest BCUT2D eigenvalue weighted by atomic mass is 79.9. The summed E-state index contributed by atoms with van der Waals surface area (Å²) in [5.74, 6) is 1.53. The van der Waals surface area contributed by atoms with Crippen molar-refractivity contribution < 1.29 is 14.2 Å². The average molecular weight is 411 g/mol. The van der Waals surface area contributed by atoms with Crippen molar-refractivity contribution in [1.82, 2.24) is 0 Å². The Morgan fingerprint density at radius 2 is 2.12 bits per heavy atom. The van der Waals surface area contributed by atoms with Crippen LogP contribution < -0.4 is 10.5 Å². The van der Waals surface area contributed by atoms with Crippen LogP contribution in [-0.2, 0) is 15.0 Å². The molecule has 2 N–H and O–H groups in total. The molecule has 1 aromatic carbocycles. The maximum absolute atomic E-state index is 6.36. The molecule has 1 saturated heterocycles. The Morgan fingerprint density at radius 3 is 2.88 bits per heavy atom. The van der Waals surface area contributed by atoms with Gasteiger partial charge in [0.1, 0.15) is 17.4 Å². The Kier molecular flexibility index (Phi) is 3.46. The molecule has 3 heterocycles. The number of fused-ring (bicyclic) bond motifs is 4. The molecule has 5 nitrogen and oxygen atoms in total. The fourth-order valence-corrected chi connectivity index (χ4v) is 5.98. The second kappa shape index (κ2) is 5.37. The van der Waals surface area contributed by atoms with Gasteiger partial charge in [0.25, 0.3) is 0 Å². The second-order valence-corrected chi connectivity index (χ2v) is 8.83.